The Hall–Kier alpha value is -1.55. The van der Waals surface area contributed by atoms with Crippen LogP contribution >= 0.6 is 15.9 Å². The predicted molar refractivity (Wildman–Crippen MR) is 71.4 cm³/mol. The highest BCUT2D eigenvalue weighted by Crippen LogP contribution is 2.28. The van der Waals surface area contributed by atoms with Crippen molar-refractivity contribution in [3.05, 3.63) is 58.3 Å². The molecule has 4 heteroatoms. The summed E-state index contributed by atoms with van der Waals surface area (Å²) in [6.45, 7) is 0.288. The summed E-state index contributed by atoms with van der Waals surface area (Å²) in [6, 6.07) is 12.2. The zero-order valence-electron chi connectivity index (χ0n) is 9.82. The van der Waals surface area contributed by atoms with E-state index in [0.29, 0.717) is 4.47 Å². The van der Waals surface area contributed by atoms with Gasteiger partial charge < -0.3 is 9.47 Å². The molecule has 0 atom stereocenters. The summed E-state index contributed by atoms with van der Waals surface area (Å²) >= 11 is 3.26. The number of ether oxygens (including phenoxy) is 2. The van der Waals surface area contributed by atoms with Crippen LogP contribution in [0.25, 0.3) is 0 Å². The van der Waals surface area contributed by atoms with Crippen LogP contribution in [-0.4, -0.2) is 7.11 Å². The molecule has 0 N–H and O–H groups in total. The molecule has 0 unspecified atom stereocenters. The van der Waals surface area contributed by atoms with E-state index in [1.165, 1.54) is 6.07 Å². The van der Waals surface area contributed by atoms with Gasteiger partial charge in [-0.05, 0) is 45.8 Å². The van der Waals surface area contributed by atoms with Gasteiger partial charge in [0.1, 0.15) is 12.4 Å². The molecule has 0 bridgehead atoms. The molecule has 0 fully saturated rings. The van der Waals surface area contributed by atoms with E-state index in [1.807, 2.05) is 24.3 Å². The van der Waals surface area contributed by atoms with Gasteiger partial charge in [-0.1, -0.05) is 18.2 Å². The molecule has 2 aromatic rings. The molecule has 0 aliphatic heterocycles. The van der Waals surface area contributed by atoms with E-state index in [4.69, 9.17) is 9.47 Å². The highest BCUT2D eigenvalue weighted by Gasteiger charge is 2.07. The number of para-hydroxylation sites is 1. The number of methoxy groups -OCH3 is 1. The first-order chi connectivity index (χ1) is 8.70. The Kier molecular flexibility index (Phi) is 4.20. The summed E-state index contributed by atoms with van der Waals surface area (Å²) in [5.41, 5.74) is 0.921. The van der Waals surface area contributed by atoms with Crippen molar-refractivity contribution < 1.29 is 13.9 Å². The Balaban J connectivity index is 2.11. The molecule has 2 aromatic carbocycles. The van der Waals surface area contributed by atoms with E-state index in [2.05, 4.69) is 15.9 Å². The monoisotopic (exact) mass is 310 g/mol. The fourth-order valence-corrected chi connectivity index (χ4v) is 1.99. The van der Waals surface area contributed by atoms with Crippen molar-refractivity contribution >= 4 is 15.9 Å². The quantitative estimate of drug-likeness (QED) is 0.843. The third-order valence-electron chi connectivity index (χ3n) is 2.44. The smallest absolute Gasteiger partial charge is 0.169 e. The minimum Gasteiger partial charge on any atom is -0.497 e. The third kappa shape index (κ3) is 3.01. The summed E-state index contributed by atoms with van der Waals surface area (Å²) in [5, 5.41) is 0. The molecule has 0 saturated carbocycles. The molecule has 0 aliphatic carbocycles. The van der Waals surface area contributed by atoms with Gasteiger partial charge in [-0.25, -0.2) is 4.39 Å². The molecular weight excluding hydrogens is 299 g/mol. The van der Waals surface area contributed by atoms with Crippen molar-refractivity contribution in [2.45, 2.75) is 6.61 Å². The fraction of sp³-hybridized carbons (Fsp3) is 0.143. The predicted octanol–water partition coefficient (Wildman–Crippen LogP) is 4.18. The molecule has 94 valence electrons. The van der Waals surface area contributed by atoms with Crippen LogP contribution in [0.5, 0.6) is 11.5 Å². The molecular formula is C14H12BrFO2. The van der Waals surface area contributed by atoms with E-state index >= 15 is 0 Å². The molecule has 0 aliphatic rings. The molecule has 18 heavy (non-hydrogen) atoms. The largest absolute Gasteiger partial charge is 0.497 e. The SMILES string of the molecule is COc1cccc(COc2c(F)cccc2Br)c1. The van der Waals surface area contributed by atoms with Crippen LogP contribution < -0.4 is 9.47 Å². The van der Waals surface area contributed by atoms with Gasteiger partial charge in [0.15, 0.2) is 11.6 Å². The number of benzene rings is 2. The van der Waals surface area contributed by atoms with Crippen LogP contribution in [0.1, 0.15) is 5.56 Å². The van der Waals surface area contributed by atoms with Gasteiger partial charge in [0, 0.05) is 0 Å². The molecule has 2 rings (SSSR count). The van der Waals surface area contributed by atoms with E-state index in [-0.39, 0.29) is 18.2 Å². The van der Waals surface area contributed by atoms with Crippen molar-refractivity contribution in [1.29, 1.82) is 0 Å². The van der Waals surface area contributed by atoms with E-state index in [1.54, 1.807) is 19.2 Å². The van der Waals surface area contributed by atoms with Gasteiger partial charge in [0.05, 0.1) is 11.6 Å². The molecule has 0 spiro atoms. The van der Waals surface area contributed by atoms with E-state index in [9.17, 15) is 4.39 Å². The zero-order chi connectivity index (χ0) is 13.0. The lowest BCUT2D eigenvalue weighted by atomic mass is 10.2. The first-order valence-corrected chi connectivity index (χ1v) is 6.20. The lowest BCUT2D eigenvalue weighted by molar-refractivity contribution is 0.287. The second-order valence-electron chi connectivity index (χ2n) is 3.69. The number of rotatable bonds is 4. The number of halogens is 2. The molecule has 0 aromatic heterocycles. The summed E-state index contributed by atoms with van der Waals surface area (Å²) in [5.74, 6) is 0.594. The maximum atomic E-state index is 13.5. The molecule has 0 saturated heterocycles. The lowest BCUT2D eigenvalue weighted by Crippen LogP contribution is -1.98. The topological polar surface area (TPSA) is 18.5 Å². The van der Waals surface area contributed by atoms with Gasteiger partial charge in [0.25, 0.3) is 0 Å². The molecule has 0 heterocycles. The average molecular weight is 311 g/mol. The van der Waals surface area contributed by atoms with Gasteiger partial charge in [-0.3, -0.25) is 0 Å². The van der Waals surface area contributed by atoms with Crippen LogP contribution in [0.4, 0.5) is 4.39 Å². The van der Waals surface area contributed by atoms with Crippen molar-refractivity contribution in [2.24, 2.45) is 0 Å². The average Bonchev–Trinajstić information content (AvgIpc) is 2.38. The van der Waals surface area contributed by atoms with Crippen LogP contribution in [0.2, 0.25) is 0 Å². The Morgan fingerprint density at radius 2 is 1.94 bits per heavy atom. The van der Waals surface area contributed by atoms with Crippen LogP contribution in [0.15, 0.2) is 46.9 Å². The minimum absolute atomic E-state index is 0.223. The highest BCUT2D eigenvalue weighted by atomic mass is 79.9. The first kappa shape index (κ1) is 12.9. The summed E-state index contributed by atoms with van der Waals surface area (Å²) < 4.78 is 24.7. The van der Waals surface area contributed by atoms with Gasteiger partial charge >= 0.3 is 0 Å². The zero-order valence-corrected chi connectivity index (χ0v) is 11.4. The summed E-state index contributed by atoms with van der Waals surface area (Å²) in [7, 11) is 1.60. The summed E-state index contributed by atoms with van der Waals surface area (Å²) in [6.07, 6.45) is 0. The van der Waals surface area contributed by atoms with Gasteiger partial charge in [-0.15, -0.1) is 0 Å². The lowest BCUT2D eigenvalue weighted by Gasteiger charge is -2.09. The maximum Gasteiger partial charge on any atom is 0.169 e. The minimum atomic E-state index is -0.382. The Labute approximate surface area is 113 Å². The van der Waals surface area contributed by atoms with Gasteiger partial charge in [0.2, 0.25) is 0 Å². The standard InChI is InChI=1S/C14H12BrFO2/c1-17-11-5-2-4-10(8-11)9-18-14-12(15)6-3-7-13(14)16/h2-8H,9H2,1H3. The highest BCUT2D eigenvalue weighted by molar-refractivity contribution is 9.10. The Morgan fingerprint density at radius 1 is 1.17 bits per heavy atom. The van der Waals surface area contributed by atoms with Crippen LogP contribution in [0, 0.1) is 5.82 Å². The van der Waals surface area contributed by atoms with Crippen molar-refractivity contribution in [2.75, 3.05) is 7.11 Å². The molecule has 2 nitrogen and oxygen atoms in total. The Morgan fingerprint density at radius 3 is 2.67 bits per heavy atom. The van der Waals surface area contributed by atoms with Crippen molar-refractivity contribution in [3.63, 3.8) is 0 Å². The van der Waals surface area contributed by atoms with Gasteiger partial charge in [-0.2, -0.15) is 0 Å². The van der Waals surface area contributed by atoms with E-state index in [0.717, 1.165) is 11.3 Å². The Bertz CT molecular complexity index is 523. The first-order valence-electron chi connectivity index (χ1n) is 5.40. The van der Waals surface area contributed by atoms with E-state index < -0.39 is 0 Å². The fourth-order valence-electron chi connectivity index (χ4n) is 1.54. The molecule has 0 radical (unpaired) electrons. The maximum absolute atomic E-state index is 13.5. The third-order valence-corrected chi connectivity index (χ3v) is 3.06. The second kappa shape index (κ2) is 5.87. The molecule has 0 amide bonds. The number of hydrogen-bond donors (Lipinski definition) is 0. The van der Waals surface area contributed by atoms with Crippen molar-refractivity contribution in [3.8, 4) is 11.5 Å². The van der Waals surface area contributed by atoms with Crippen molar-refractivity contribution in [1.82, 2.24) is 0 Å². The normalized spacial score (nSPS) is 10.2. The second-order valence-corrected chi connectivity index (χ2v) is 4.55. The van der Waals surface area contributed by atoms with Crippen LogP contribution in [0.3, 0.4) is 0 Å². The number of hydrogen-bond acceptors (Lipinski definition) is 2. The van der Waals surface area contributed by atoms with Crippen LogP contribution in [-0.2, 0) is 6.61 Å². The summed E-state index contributed by atoms with van der Waals surface area (Å²) in [4.78, 5) is 0.